The molecule has 0 aliphatic heterocycles. The summed E-state index contributed by atoms with van der Waals surface area (Å²) < 4.78 is 13.0. The van der Waals surface area contributed by atoms with Crippen molar-refractivity contribution in [2.45, 2.75) is 6.92 Å². The molecule has 0 N–H and O–H groups in total. The second kappa shape index (κ2) is 3.62. The van der Waals surface area contributed by atoms with Gasteiger partial charge >= 0.3 is 0 Å². The minimum Gasteiger partial charge on any atom is -0.207 e. The van der Waals surface area contributed by atoms with Gasteiger partial charge in [0.1, 0.15) is 5.82 Å². The van der Waals surface area contributed by atoms with E-state index in [0.29, 0.717) is 0 Å². The summed E-state index contributed by atoms with van der Waals surface area (Å²) in [6.07, 6.45) is 0. The van der Waals surface area contributed by atoms with Crippen molar-refractivity contribution in [2.24, 2.45) is 0 Å². The molecule has 0 amide bonds. The van der Waals surface area contributed by atoms with Gasteiger partial charge in [0.05, 0.1) is 0 Å². The van der Waals surface area contributed by atoms with Crippen LogP contribution >= 0.6 is 0 Å². The Balaban J connectivity index is 2.55. The predicted molar refractivity (Wildman–Crippen MR) is 55.4 cm³/mol. The maximum absolute atomic E-state index is 13.0. The number of rotatable bonds is 1. The lowest BCUT2D eigenvalue weighted by Crippen LogP contribution is -1.83. The van der Waals surface area contributed by atoms with Crippen LogP contribution in [0.2, 0.25) is 0 Å². The molecule has 0 bridgehead atoms. The maximum Gasteiger partial charge on any atom is 0.123 e. The van der Waals surface area contributed by atoms with Crippen LogP contribution in [0.3, 0.4) is 0 Å². The Hall–Kier alpha value is -1.63. The minimum absolute atomic E-state index is 0.209. The highest BCUT2D eigenvalue weighted by molar-refractivity contribution is 5.66. The molecule has 0 nitrogen and oxygen atoms in total. The SMILES string of the molecule is Cc1ccc[c]c1-c1cccc(F)c1. The fraction of sp³-hybridized carbons (Fsp3) is 0.0769. The highest BCUT2D eigenvalue weighted by Crippen LogP contribution is 2.22. The van der Waals surface area contributed by atoms with Gasteiger partial charge in [0.15, 0.2) is 0 Å². The van der Waals surface area contributed by atoms with Crippen LogP contribution in [-0.4, -0.2) is 0 Å². The van der Waals surface area contributed by atoms with Crippen LogP contribution in [0, 0.1) is 18.8 Å². The third-order valence-corrected chi connectivity index (χ3v) is 2.18. The number of halogens is 1. The van der Waals surface area contributed by atoms with E-state index >= 15 is 0 Å². The lowest BCUT2D eigenvalue weighted by atomic mass is 10.0. The van der Waals surface area contributed by atoms with E-state index in [2.05, 4.69) is 6.07 Å². The van der Waals surface area contributed by atoms with E-state index in [-0.39, 0.29) is 5.82 Å². The molecule has 0 aliphatic carbocycles. The monoisotopic (exact) mass is 185 g/mol. The van der Waals surface area contributed by atoms with Gasteiger partial charge in [-0.15, -0.1) is 0 Å². The summed E-state index contributed by atoms with van der Waals surface area (Å²) in [5.41, 5.74) is 2.95. The van der Waals surface area contributed by atoms with Crippen molar-refractivity contribution in [2.75, 3.05) is 0 Å². The fourth-order valence-corrected chi connectivity index (χ4v) is 1.48. The first-order valence-electron chi connectivity index (χ1n) is 4.50. The Morgan fingerprint density at radius 1 is 1.14 bits per heavy atom. The minimum atomic E-state index is -0.209. The molecule has 0 unspecified atom stereocenters. The lowest BCUT2D eigenvalue weighted by molar-refractivity contribution is 0.628. The Labute approximate surface area is 83.0 Å². The highest BCUT2D eigenvalue weighted by Gasteiger charge is 2.01. The first-order valence-corrected chi connectivity index (χ1v) is 4.50. The number of aryl methyl sites for hydroxylation is 1. The molecule has 0 fully saturated rings. The van der Waals surface area contributed by atoms with Gasteiger partial charge in [-0.2, -0.15) is 0 Å². The molecule has 0 saturated heterocycles. The molecule has 0 aliphatic rings. The summed E-state index contributed by atoms with van der Waals surface area (Å²) >= 11 is 0. The first-order chi connectivity index (χ1) is 6.77. The Morgan fingerprint density at radius 2 is 2.00 bits per heavy atom. The molecular formula is C13H10F. The van der Waals surface area contributed by atoms with Crippen molar-refractivity contribution >= 4 is 0 Å². The average molecular weight is 185 g/mol. The zero-order valence-electron chi connectivity index (χ0n) is 7.92. The van der Waals surface area contributed by atoms with Crippen molar-refractivity contribution in [3.8, 4) is 11.1 Å². The Kier molecular flexibility index (Phi) is 2.32. The second-order valence-corrected chi connectivity index (χ2v) is 3.24. The molecule has 2 aromatic rings. The van der Waals surface area contributed by atoms with Crippen LogP contribution < -0.4 is 0 Å². The van der Waals surface area contributed by atoms with Gasteiger partial charge in [-0.25, -0.2) is 4.39 Å². The molecule has 0 heterocycles. The predicted octanol–water partition coefficient (Wildman–Crippen LogP) is 3.60. The number of hydrogen-bond acceptors (Lipinski definition) is 0. The quantitative estimate of drug-likeness (QED) is 0.636. The molecule has 0 atom stereocenters. The van der Waals surface area contributed by atoms with Gasteiger partial charge in [-0.05, 0) is 41.8 Å². The average Bonchev–Trinajstić information content (AvgIpc) is 2.18. The standard InChI is InChI=1S/C13H10F/c1-10-5-2-3-8-13(10)11-6-4-7-12(14)9-11/h2-7,9H,1H3. The summed E-state index contributed by atoms with van der Waals surface area (Å²) in [6, 6.07) is 15.5. The molecule has 0 aromatic heterocycles. The van der Waals surface area contributed by atoms with Gasteiger partial charge in [0, 0.05) is 0 Å². The van der Waals surface area contributed by atoms with E-state index in [4.69, 9.17) is 0 Å². The van der Waals surface area contributed by atoms with Crippen LogP contribution in [-0.2, 0) is 0 Å². The number of hydrogen-bond donors (Lipinski definition) is 0. The zero-order valence-corrected chi connectivity index (χ0v) is 7.92. The van der Waals surface area contributed by atoms with Gasteiger partial charge in [-0.3, -0.25) is 0 Å². The molecule has 14 heavy (non-hydrogen) atoms. The van der Waals surface area contributed by atoms with Gasteiger partial charge < -0.3 is 0 Å². The van der Waals surface area contributed by atoms with Crippen LogP contribution in [0.25, 0.3) is 11.1 Å². The van der Waals surface area contributed by atoms with Crippen LogP contribution in [0.15, 0.2) is 42.5 Å². The lowest BCUT2D eigenvalue weighted by Gasteiger charge is -2.04. The Morgan fingerprint density at radius 3 is 2.71 bits per heavy atom. The van der Waals surface area contributed by atoms with Crippen LogP contribution in [0.4, 0.5) is 4.39 Å². The second-order valence-electron chi connectivity index (χ2n) is 3.24. The van der Waals surface area contributed by atoms with E-state index < -0.39 is 0 Å². The molecule has 0 saturated carbocycles. The van der Waals surface area contributed by atoms with Crippen LogP contribution in [0.5, 0.6) is 0 Å². The van der Waals surface area contributed by atoms with Gasteiger partial charge in [0.25, 0.3) is 0 Å². The molecule has 69 valence electrons. The smallest absolute Gasteiger partial charge is 0.123 e. The highest BCUT2D eigenvalue weighted by atomic mass is 19.1. The van der Waals surface area contributed by atoms with E-state index in [1.807, 2.05) is 31.2 Å². The van der Waals surface area contributed by atoms with E-state index in [1.54, 1.807) is 6.07 Å². The zero-order chi connectivity index (χ0) is 9.97. The van der Waals surface area contributed by atoms with Gasteiger partial charge in [-0.1, -0.05) is 30.3 Å². The maximum atomic E-state index is 13.0. The van der Waals surface area contributed by atoms with Crippen LogP contribution in [0.1, 0.15) is 5.56 Å². The topological polar surface area (TPSA) is 0 Å². The summed E-state index contributed by atoms with van der Waals surface area (Å²) in [5.74, 6) is -0.209. The van der Waals surface area contributed by atoms with E-state index in [9.17, 15) is 4.39 Å². The third-order valence-electron chi connectivity index (χ3n) is 2.18. The van der Waals surface area contributed by atoms with Crippen molar-refractivity contribution in [3.05, 3.63) is 59.9 Å². The van der Waals surface area contributed by atoms with Gasteiger partial charge in [0.2, 0.25) is 0 Å². The molecule has 1 heteroatoms. The largest absolute Gasteiger partial charge is 0.207 e. The summed E-state index contributed by atoms with van der Waals surface area (Å²) in [7, 11) is 0. The van der Waals surface area contributed by atoms with E-state index in [0.717, 1.165) is 16.7 Å². The molecule has 2 aromatic carbocycles. The normalized spacial score (nSPS) is 10.1. The molecule has 2 rings (SSSR count). The molecule has 1 radical (unpaired) electrons. The fourth-order valence-electron chi connectivity index (χ4n) is 1.48. The summed E-state index contributed by atoms with van der Waals surface area (Å²) in [6.45, 7) is 2.00. The Bertz CT molecular complexity index is 446. The molecular weight excluding hydrogens is 175 g/mol. The number of benzene rings is 2. The molecule has 0 spiro atoms. The van der Waals surface area contributed by atoms with Crippen molar-refractivity contribution in [3.63, 3.8) is 0 Å². The van der Waals surface area contributed by atoms with E-state index in [1.165, 1.54) is 12.1 Å². The summed E-state index contributed by atoms with van der Waals surface area (Å²) in [5, 5.41) is 0. The van der Waals surface area contributed by atoms with Crippen molar-refractivity contribution < 1.29 is 4.39 Å². The van der Waals surface area contributed by atoms with Crippen molar-refractivity contribution in [1.29, 1.82) is 0 Å². The third kappa shape index (κ3) is 1.67. The van der Waals surface area contributed by atoms with Crippen molar-refractivity contribution in [1.82, 2.24) is 0 Å². The summed E-state index contributed by atoms with van der Waals surface area (Å²) in [4.78, 5) is 0. The first kappa shape index (κ1) is 8.95.